The minimum atomic E-state index is 0.845. The Bertz CT molecular complexity index is 1320. The van der Waals surface area contributed by atoms with Gasteiger partial charge in [-0.25, -0.2) is 9.97 Å². The summed E-state index contributed by atoms with van der Waals surface area (Å²) in [5.74, 6) is 0.845. The predicted octanol–water partition coefficient (Wildman–Crippen LogP) is 7.39. The number of aryl methyl sites for hydroxylation is 1. The second-order valence-corrected chi connectivity index (χ2v) is 8.23. The molecule has 0 atom stereocenters. The summed E-state index contributed by atoms with van der Waals surface area (Å²) in [4.78, 5) is 10.1. The molecular formula is C26H21N3S. The Morgan fingerprint density at radius 1 is 0.733 bits per heavy atom. The third kappa shape index (κ3) is 3.36. The van der Waals surface area contributed by atoms with Gasteiger partial charge < -0.3 is 5.32 Å². The lowest BCUT2D eigenvalue weighted by Gasteiger charge is -2.12. The highest BCUT2D eigenvalue weighted by Gasteiger charge is 2.14. The van der Waals surface area contributed by atoms with E-state index >= 15 is 0 Å². The maximum Gasteiger partial charge on any atom is 0.143 e. The van der Waals surface area contributed by atoms with Crippen LogP contribution in [0.4, 0.5) is 11.5 Å². The first-order valence-corrected chi connectivity index (χ1v) is 10.8. The molecule has 5 rings (SSSR count). The van der Waals surface area contributed by atoms with E-state index in [4.69, 9.17) is 0 Å². The Morgan fingerprint density at radius 2 is 1.47 bits per heavy atom. The molecule has 0 fully saturated rings. The van der Waals surface area contributed by atoms with Crippen LogP contribution in [-0.2, 0) is 0 Å². The van der Waals surface area contributed by atoms with Gasteiger partial charge in [0.25, 0.3) is 0 Å². The second kappa shape index (κ2) is 7.73. The van der Waals surface area contributed by atoms with E-state index in [1.165, 1.54) is 27.8 Å². The van der Waals surface area contributed by atoms with E-state index in [-0.39, 0.29) is 0 Å². The molecule has 1 N–H and O–H groups in total. The highest BCUT2D eigenvalue weighted by Crippen LogP contribution is 2.38. The van der Waals surface area contributed by atoms with Crippen molar-refractivity contribution in [1.29, 1.82) is 0 Å². The lowest BCUT2D eigenvalue weighted by Crippen LogP contribution is -1.98. The number of rotatable bonds is 4. The van der Waals surface area contributed by atoms with Crippen LogP contribution in [-0.4, -0.2) is 9.97 Å². The Morgan fingerprint density at radius 3 is 2.27 bits per heavy atom. The van der Waals surface area contributed by atoms with Gasteiger partial charge in [-0.15, -0.1) is 11.3 Å². The first-order chi connectivity index (χ1) is 14.7. The van der Waals surface area contributed by atoms with Gasteiger partial charge in [0.05, 0.1) is 5.39 Å². The SMILES string of the molecule is Cc1cccc(Nc2ncnc3scc(-c4ccc(-c5ccccc5)cc4)c23)c1C. The van der Waals surface area contributed by atoms with Crippen molar-refractivity contribution in [2.45, 2.75) is 13.8 Å². The molecule has 30 heavy (non-hydrogen) atoms. The Balaban J connectivity index is 1.57. The zero-order valence-corrected chi connectivity index (χ0v) is 17.7. The van der Waals surface area contributed by atoms with Crippen molar-refractivity contribution in [3.63, 3.8) is 0 Å². The number of nitrogens with one attached hydrogen (secondary N) is 1. The van der Waals surface area contributed by atoms with Gasteiger partial charge in [-0.2, -0.15) is 0 Å². The summed E-state index contributed by atoms with van der Waals surface area (Å²) < 4.78 is 0. The van der Waals surface area contributed by atoms with Crippen LogP contribution in [0.3, 0.4) is 0 Å². The third-order valence-corrected chi connectivity index (χ3v) is 6.42. The van der Waals surface area contributed by atoms with Crippen molar-refractivity contribution in [3.05, 3.63) is 95.6 Å². The fourth-order valence-electron chi connectivity index (χ4n) is 3.67. The molecular weight excluding hydrogens is 386 g/mol. The molecule has 0 aliphatic rings. The van der Waals surface area contributed by atoms with Crippen molar-refractivity contribution in [2.75, 3.05) is 5.32 Å². The van der Waals surface area contributed by atoms with Crippen molar-refractivity contribution in [1.82, 2.24) is 9.97 Å². The van der Waals surface area contributed by atoms with Gasteiger partial charge in [0, 0.05) is 16.6 Å². The minimum Gasteiger partial charge on any atom is -0.339 e. The Kier molecular flexibility index (Phi) is 4.77. The van der Waals surface area contributed by atoms with E-state index in [2.05, 4.69) is 101 Å². The van der Waals surface area contributed by atoms with E-state index in [0.717, 1.165) is 27.3 Å². The molecule has 0 saturated heterocycles. The molecule has 146 valence electrons. The molecule has 2 heterocycles. The molecule has 3 aromatic carbocycles. The fourth-order valence-corrected chi connectivity index (χ4v) is 4.59. The lowest BCUT2D eigenvalue weighted by molar-refractivity contribution is 1.22. The van der Waals surface area contributed by atoms with Gasteiger partial charge >= 0.3 is 0 Å². The van der Waals surface area contributed by atoms with E-state index in [9.17, 15) is 0 Å². The molecule has 0 aliphatic carbocycles. The van der Waals surface area contributed by atoms with Gasteiger partial charge in [0.2, 0.25) is 0 Å². The van der Waals surface area contributed by atoms with Crippen LogP contribution in [0.2, 0.25) is 0 Å². The number of fused-ring (bicyclic) bond motifs is 1. The summed E-state index contributed by atoms with van der Waals surface area (Å²) in [6.45, 7) is 4.26. The highest BCUT2D eigenvalue weighted by atomic mass is 32.1. The van der Waals surface area contributed by atoms with Crippen molar-refractivity contribution in [3.8, 4) is 22.3 Å². The lowest BCUT2D eigenvalue weighted by atomic mass is 10.0. The number of hydrogen-bond acceptors (Lipinski definition) is 4. The topological polar surface area (TPSA) is 37.8 Å². The zero-order chi connectivity index (χ0) is 20.5. The van der Waals surface area contributed by atoms with Crippen molar-refractivity contribution < 1.29 is 0 Å². The number of hydrogen-bond donors (Lipinski definition) is 1. The van der Waals surface area contributed by atoms with E-state index < -0.39 is 0 Å². The van der Waals surface area contributed by atoms with Gasteiger partial charge in [-0.1, -0.05) is 66.7 Å². The minimum absolute atomic E-state index is 0.845. The van der Waals surface area contributed by atoms with E-state index in [1.54, 1.807) is 17.7 Å². The van der Waals surface area contributed by atoms with E-state index in [1.807, 2.05) is 6.07 Å². The smallest absolute Gasteiger partial charge is 0.143 e. The first-order valence-electron chi connectivity index (χ1n) is 9.92. The standard InChI is InChI=1S/C26H21N3S/c1-17-7-6-10-23(18(17)2)29-25-24-22(15-30-26(24)28-16-27-25)21-13-11-20(12-14-21)19-8-4-3-5-9-19/h3-16H,1-2H3,(H,27,28,29). The Labute approximate surface area is 180 Å². The van der Waals surface area contributed by atoms with Crippen LogP contribution in [0.1, 0.15) is 11.1 Å². The predicted molar refractivity (Wildman–Crippen MR) is 127 cm³/mol. The number of thiophene rings is 1. The monoisotopic (exact) mass is 407 g/mol. The van der Waals surface area contributed by atoms with Crippen LogP contribution in [0.15, 0.2) is 84.5 Å². The molecule has 0 unspecified atom stereocenters. The maximum atomic E-state index is 4.58. The number of anilines is 2. The summed E-state index contributed by atoms with van der Waals surface area (Å²) in [5, 5.41) is 6.78. The first kappa shape index (κ1) is 18.5. The summed E-state index contributed by atoms with van der Waals surface area (Å²) in [5.41, 5.74) is 8.32. The van der Waals surface area contributed by atoms with Crippen LogP contribution in [0, 0.1) is 13.8 Å². The zero-order valence-electron chi connectivity index (χ0n) is 16.9. The summed E-state index contributed by atoms with van der Waals surface area (Å²) >= 11 is 1.65. The van der Waals surface area contributed by atoms with Crippen LogP contribution in [0.5, 0.6) is 0 Å². The van der Waals surface area contributed by atoms with Gasteiger partial charge in [-0.05, 0) is 47.7 Å². The van der Waals surface area contributed by atoms with Gasteiger partial charge in [0.15, 0.2) is 0 Å². The molecule has 3 nitrogen and oxygen atoms in total. The molecule has 0 amide bonds. The average Bonchev–Trinajstić information content (AvgIpc) is 3.23. The quantitative estimate of drug-likeness (QED) is 0.337. The largest absolute Gasteiger partial charge is 0.339 e. The van der Waals surface area contributed by atoms with Crippen molar-refractivity contribution in [2.24, 2.45) is 0 Å². The average molecular weight is 408 g/mol. The van der Waals surface area contributed by atoms with Crippen LogP contribution in [0.25, 0.3) is 32.5 Å². The number of aromatic nitrogens is 2. The van der Waals surface area contributed by atoms with Gasteiger partial charge in [-0.3, -0.25) is 0 Å². The number of benzene rings is 3. The molecule has 0 bridgehead atoms. The molecule has 0 spiro atoms. The maximum absolute atomic E-state index is 4.58. The fraction of sp³-hybridized carbons (Fsp3) is 0.0769. The highest BCUT2D eigenvalue weighted by molar-refractivity contribution is 7.17. The molecule has 0 aliphatic heterocycles. The summed E-state index contributed by atoms with van der Waals surface area (Å²) in [6.07, 6.45) is 1.63. The molecule has 0 radical (unpaired) electrons. The normalized spacial score (nSPS) is 11.0. The molecule has 5 aromatic rings. The van der Waals surface area contributed by atoms with E-state index in [0.29, 0.717) is 0 Å². The summed E-state index contributed by atoms with van der Waals surface area (Å²) in [7, 11) is 0. The number of nitrogens with zero attached hydrogens (tertiary/aromatic N) is 2. The molecule has 0 saturated carbocycles. The Hall–Kier alpha value is -3.50. The molecule has 2 aromatic heterocycles. The van der Waals surface area contributed by atoms with Crippen molar-refractivity contribution >= 4 is 33.1 Å². The third-order valence-electron chi connectivity index (χ3n) is 5.53. The van der Waals surface area contributed by atoms with Gasteiger partial charge in [0.1, 0.15) is 17.0 Å². The second-order valence-electron chi connectivity index (χ2n) is 7.37. The van der Waals surface area contributed by atoms with Crippen LogP contribution < -0.4 is 5.32 Å². The molecule has 4 heteroatoms. The van der Waals surface area contributed by atoms with Crippen LogP contribution >= 0.6 is 11.3 Å². The summed E-state index contributed by atoms with van der Waals surface area (Å²) in [6, 6.07) is 25.4.